The molecule has 5 rings (SSSR count). The third-order valence-corrected chi connectivity index (χ3v) is 5.68. The molecule has 0 unspecified atom stereocenters. The van der Waals surface area contributed by atoms with Crippen molar-refractivity contribution < 1.29 is 9.47 Å². The van der Waals surface area contributed by atoms with E-state index in [1.807, 2.05) is 12.1 Å². The predicted octanol–water partition coefficient (Wildman–Crippen LogP) is 3.70. The second-order valence-electron chi connectivity index (χ2n) is 6.49. The van der Waals surface area contributed by atoms with E-state index in [-0.39, 0.29) is 5.79 Å². The maximum atomic E-state index is 5.86. The molecule has 2 saturated heterocycles. The number of piperidine rings is 1. The Bertz CT molecular complexity index is 881. The van der Waals surface area contributed by atoms with Crippen LogP contribution in [0, 0.1) is 0 Å². The SMILES string of the molecule is c1ccc2c(N3CCC4(CC3)OCCO4)nc(-c3ccsc3)nc2c1. The van der Waals surface area contributed by atoms with Crippen molar-refractivity contribution in [2.75, 3.05) is 31.2 Å². The van der Waals surface area contributed by atoms with Gasteiger partial charge in [0.15, 0.2) is 11.6 Å². The van der Waals surface area contributed by atoms with E-state index in [1.54, 1.807) is 11.3 Å². The van der Waals surface area contributed by atoms with Crippen molar-refractivity contribution in [3.63, 3.8) is 0 Å². The lowest BCUT2D eigenvalue weighted by Crippen LogP contribution is -2.45. The first-order valence-electron chi connectivity index (χ1n) is 8.65. The van der Waals surface area contributed by atoms with Gasteiger partial charge in [0, 0.05) is 42.3 Å². The summed E-state index contributed by atoms with van der Waals surface area (Å²) in [5.41, 5.74) is 2.07. The Kier molecular flexibility index (Phi) is 3.69. The summed E-state index contributed by atoms with van der Waals surface area (Å²) in [5.74, 6) is 1.44. The zero-order valence-electron chi connectivity index (χ0n) is 13.9. The summed E-state index contributed by atoms with van der Waals surface area (Å²) in [4.78, 5) is 12.0. The van der Waals surface area contributed by atoms with Crippen LogP contribution in [0.25, 0.3) is 22.3 Å². The molecular formula is C19H19N3O2S. The first-order chi connectivity index (χ1) is 12.3. The number of fused-ring (bicyclic) bond motifs is 1. The number of thiophene rings is 1. The number of hydrogen-bond donors (Lipinski definition) is 0. The van der Waals surface area contributed by atoms with E-state index in [0.29, 0.717) is 13.2 Å². The summed E-state index contributed by atoms with van der Waals surface area (Å²) < 4.78 is 11.7. The highest BCUT2D eigenvalue weighted by Crippen LogP contribution is 2.35. The molecule has 1 aromatic carbocycles. The molecule has 3 aromatic rings. The van der Waals surface area contributed by atoms with Crippen molar-refractivity contribution >= 4 is 28.1 Å². The highest BCUT2D eigenvalue weighted by atomic mass is 32.1. The molecule has 5 nitrogen and oxygen atoms in total. The first kappa shape index (κ1) is 15.3. The van der Waals surface area contributed by atoms with E-state index < -0.39 is 0 Å². The highest BCUT2D eigenvalue weighted by Gasteiger charge is 2.40. The van der Waals surface area contributed by atoms with Crippen molar-refractivity contribution in [1.29, 1.82) is 0 Å². The largest absolute Gasteiger partial charge is 0.356 e. The standard InChI is InChI=1S/C19H19N3O2S/c1-2-4-16-15(3-1)18(21-17(20-16)14-5-12-25-13-14)22-8-6-19(7-9-22)23-10-11-24-19/h1-5,12-13H,6-11H2. The zero-order valence-corrected chi connectivity index (χ0v) is 14.7. The monoisotopic (exact) mass is 353 g/mol. The number of ether oxygens (including phenoxy) is 2. The molecule has 128 valence electrons. The predicted molar refractivity (Wildman–Crippen MR) is 98.9 cm³/mol. The molecule has 1 spiro atoms. The highest BCUT2D eigenvalue weighted by molar-refractivity contribution is 7.08. The van der Waals surface area contributed by atoms with Crippen LogP contribution in [0.3, 0.4) is 0 Å². The van der Waals surface area contributed by atoms with E-state index in [0.717, 1.165) is 54.0 Å². The summed E-state index contributed by atoms with van der Waals surface area (Å²) in [6.45, 7) is 3.17. The molecule has 0 atom stereocenters. The van der Waals surface area contributed by atoms with Gasteiger partial charge >= 0.3 is 0 Å². The van der Waals surface area contributed by atoms with Crippen LogP contribution >= 0.6 is 11.3 Å². The fraction of sp³-hybridized carbons (Fsp3) is 0.368. The maximum absolute atomic E-state index is 5.86. The van der Waals surface area contributed by atoms with Gasteiger partial charge in [-0.15, -0.1) is 0 Å². The van der Waals surface area contributed by atoms with Gasteiger partial charge in [0.1, 0.15) is 5.82 Å². The van der Waals surface area contributed by atoms with Crippen molar-refractivity contribution in [1.82, 2.24) is 9.97 Å². The molecule has 0 aliphatic carbocycles. The first-order valence-corrected chi connectivity index (χ1v) is 9.60. The lowest BCUT2D eigenvalue weighted by atomic mass is 10.0. The summed E-state index contributed by atoms with van der Waals surface area (Å²) >= 11 is 1.67. The Balaban J connectivity index is 1.54. The molecule has 0 radical (unpaired) electrons. The van der Waals surface area contributed by atoms with Crippen LogP contribution in [0.2, 0.25) is 0 Å². The molecule has 4 heterocycles. The molecule has 2 aliphatic heterocycles. The van der Waals surface area contributed by atoms with Gasteiger partial charge in [-0.25, -0.2) is 9.97 Å². The number of aromatic nitrogens is 2. The van der Waals surface area contributed by atoms with Gasteiger partial charge in [0.25, 0.3) is 0 Å². The molecule has 0 saturated carbocycles. The molecule has 2 aromatic heterocycles. The second-order valence-corrected chi connectivity index (χ2v) is 7.27. The average molecular weight is 353 g/mol. The van der Waals surface area contributed by atoms with Crippen molar-refractivity contribution in [2.45, 2.75) is 18.6 Å². The normalized spacial score (nSPS) is 19.8. The summed E-state index contributed by atoms with van der Waals surface area (Å²) in [6.07, 6.45) is 1.75. The minimum Gasteiger partial charge on any atom is -0.356 e. The second kappa shape index (κ2) is 6.05. The van der Waals surface area contributed by atoms with E-state index in [1.165, 1.54) is 0 Å². The molecular weight excluding hydrogens is 334 g/mol. The number of benzene rings is 1. The van der Waals surface area contributed by atoms with Gasteiger partial charge < -0.3 is 14.4 Å². The van der Waals surface area contributed by atoms with Crippen LogP contribution in [-0.4, -0.2) is 42.1 Å². The van der Waals surface area contributed by atoms with E-state index in [2.05, 4.69) is 33.9 Å². The molecule has 6 heteroatoms. The van der Waals surface area contributed by atoms with E-state index in [4.69, 9.17) is 19.4 Å². The number of hydrogen-bond acceptors (Lipinski definition) is 6. The van der Waals surface area contributed by atoms with Crippen molar-refractivity contribution in [2.24, 2.45) is 0 Å². The van der Waals surface area contributed by atoms with E-state index >= 15 is 0 Å². The average Bonchev–Trinajstić information content (AvgIpc) is 3.34. The topological polar surface area (TPSA) is 47.5 Å². The van der Waals surface area contributed by atoms with Crippen LogP contribution in [0.15, 0.2) is 41.1 Å². The van der Waals surface area contributed by atoms with Gasteiger partial charge in [-0.05, 0) is 23.6 Å². The number of nitrogens with zero attached hydrogens (tertiary/aromatic N) is 3. The zero-order chi connectivity index (χ0) is 16.7. The Hall–Kier alpha value is -2.02. The Morgan fingerprint density at radius 1 is 1.00 bits per heavy atom. The Morgan fingerprint density at radius 3 is 2.56 bits per heavy atom. The lowest BCUT2D eigenvalue weighted by molar-refractivity contribution is -0.169. The smallest absolute Gasteiger partial charge is 0.171 e. The fourth-order valence-corrected chi connectivity index (χ4v) is 4.30. The van der Waals surface area contributed by atoms with Crippen LogP contribution in [0.1, 0.15) is 12.8 Å². The lowest BCUT2D eigenvalue weighted by Gasteiger charge is -2.38. The van der Waals surface area contributed by atoms with Gasteiger partial charge in [0.2, 0.25) is 0 Å². The van der Waals surface area contributed by atoms with Gasteiger partial charge in [-0.3, -0.25) is 0 Å². The molecule has 0 bridgehead atoms. The maximum Gasteiger partial charge on any atom is 0.171 e. The van der Waals surface area contributed by atoms with Gasteiger partial charge in [-0.2, -0.15) is 11.3 Å². The molecule has 0 amide bonds. The molecule has 2 fully saturated rings. The van der Waals surface area contributed by atoms with Gasteiger partial charge in [0.05, 0.1) is 18.7 Å². The van der Waals surface area contributed by atoms with Crippen molar-refractivity contribution in [3.8, 4) is 11.4 Å². The number of rotatable bonds is 2. The Morgan fingerprint density at radius 2 is 1.80 bits per heavy atom. The molecule has 2 aliphatic rings. The van der Waals surface area contributed by atoms with Gasteiger partial charge in [-0.1, -0.05) is 12.1 Å². The quantitative estimate of drug-likeness (QED) is 0.703. The molecule has 0 N–H and O–H groups in total. The van der Waals surface area contributed by atoms with Crippen LogP contribution in [-0.2, 0) is 9.47 Å². The minimum absolute atomic E-state index is 0.366. The Labute approximate surface area is 150 Å². The summed E-state index contributed by atoms with van der Waals surface area (Å²) in [5, 5.41) is 5.26. The van der Waals surface area contributed by atoms with Crippen molar-refractivity contribution in [3.05, 3.63) is 41.1 Å². The van der Waals surface area contributed by atoms with Crippen LogP contribution < -0.4 is 4.90 Å². The van der Waals surface area contributed by atoms with Crippen LogP contribution in [0.5, 0.6) is 0 Å². The number of anilines is 1. The third kappa shape index (κ3) is 2.70. The van der Waals surface area contributed by atoms with Crippen LogP contribution in [0.4, 0.5) is 5.82 Å². The fourth-order valence-electron chi connectivity index (χ4n) is 3.67. The molecule has 25 heavy (non-hydrogen) atoms. The number of para-hydroxylation sites is 1. The summed E-state index contributed by atoms with van der Waals surface area (Å²) in [7, 11) is 0. The summed E-state index contributed by atoms with van der Waals surface area (Å²) in [6, 6.07) is 10.3. The third-order valence-electron chi connectivity index (χ3n) is 5.00. The minimum atomic E-state index is -0.366. The van der Waals surface area contributed by atoms with E-state index in [9.17, 15) is 0 Å².